The Kier molecular flexibility index (Phi) is 8.80. The van der Waals surface area contributed by atoms with Gasteiger partial charge in [0, 0.05) is 37.2 Å². The maximum atomic E-state index is 15.9. The van der Waals surface area contributed by atoms with E-state index in [1.54, 1.807) is 11.8 Å². The Labute approximate surface area is 192 Å². The van der Waals surface area contributed by atoms with Crippen LogP contribution in [0.3, 0.4) is 0 Å². The Balaban J connectivity index is 0.00000529. The molecule has 1 heterocycles. The molecule has 0 bridgehead atoms. The molecule has 0 spiro atoms. The molecule has 7 atom stereocenters. The predicted octanol–water partition coefficient (Wildman–Crippen LogP) is 3.75. The normalized spacial score (nSPS) is 51.0. The molecule has 0 aromatic carbocycles. The van der Waals surface area contributed by atoms with Crippen LogP contribution < -0.4 is 5.73 Å². The van der Waals surface area contributed by atoms with Crippen molar-refractivity contribution in [2.45, 2.75) is 86.4 Å². The maximum absolute atomic E-state index is 15.9. The smallest absolute Gasteiger partial charge is 0.203 e. The van der Waals surface area contributed by atoms with Crippen molar-refractivity contribution in [1.82, 2.24) is 4.90 Å². The van der Waals surface area contributed by atoms with Crippen molar-refractivity contribution in [3.63, 3.8) is 0 Å². The maximum Gasteiger partial charge on any atom is 0.203 e. The zero-order valence-electron chi connectivity index (χ0n) is 15.7. The van der Waals surface area contributed by atoms with E-state index in [1.165, 1.54) is 6.92 Å². The second-order valence-electron chi connectivity index (χ2n) is 7.90. The van der Waals surface area contributed by atoms with Gasteiger partial charge in [0.2, 0.25) is 5.79 Å². The van der Waals surface area contributed by atoms with Gasteiger partial charge in [-0.15, -0.1) is 14.7 Å². The van der Waals surface area contributed by atoms with Crippen molar-refractivity contribution in [2.24, 2.45) is 11.1 Å². The number of hydrogen-bond donors (Lipinski definition) is 3. The third-order valence-electron chi connectivity index (χ3n) is 5.81. The molecule has 1 aliphatic rings. The molecular weight excluding hydrogens is 683 g/mol. The van der Waals surface area contributed by atoms with Crippen LogP contribution in [0.25, 0.3) is 0 Å². The molecule has 1 aliphatic heterocycles. The minimum atomic E-state index is -2.15. The second-order valence-corrected chi connectivity index (χ2v) is 11.2. The molecule has 8 heteroatoms. The van der Waals surface area contributed by atoms with Crippen molar-refractivity contribution in [3.05, 3.63) is 6.42 Å². The molecule has 0 aromatic rings. The molecule has 7 unspecified atom stereocenters. The van der Waals surface area contributed by atoms with Gasteiger partial charge in [-0.25, -0.2) is 17.0 Å². The number of alkyl halides is 2. The summed E-state index contributed by atoms with van der Waals surface area (Å²) in [5, 5.41) is 10.7. The molecule has 0 saturated carbocycles. The third kappa shape index (κ3) is 3.91. The minimum Gasteiger partial charge on any atom is -0.373 e. The summed E-state index contributed by atoms with van der Waals surface area (Å²) in [5.74, 6) is -2.15. The fraction of sp³-hybridized carbons (Fsp3) is 0.938. The molecule has 24 heavy (non-hydrogen) atoms. The average molecular weight is 715 g/mol. The molecule has 3 nitrogen and oxygen atoms in total. The van der Waals surface area contributed by atoms with E-state index in [0.717, 1.165) is 6.42 Å². The van der Waals surface area contributed by atoms with Crippen molar-refractivity contribution >= 4 is 44.5 Å². The van der Waals surface area contributed by atoms with E-state index >= 15 is 4.39 Å². The molecule has 0 amide bonds. The first-order chi connectivity index (χ1) is 9.99. The van der Waals surface area contributed by atoms with E-state index in [0.29, 0.717) is 0 Å². The summed E-state index contributed by atoms with van der Waals surface area (Å²) < 4.78 is 14.5. The van der Waals surface area contributed by atoms with Crippen molar-refractivity contribution in [1.29, 1.82) is 0 Å². The van der Waals surface area contributed by atoms with Crippen molar-refractivity contribution in [2.75, 3.05) is 0 Å². The summed E-state index contributed by atoms with van der Waals surface area (Å²) in [7, 11) is 2.92. The molecule has 1 rings (SSSR count). The van der Waals surface area contributed by atoms with Gasteiger partial charge in [0.05, 0.1) is 4.05 Å². The first kappa shape index (κ1) is 26.4. The van der Waals surface area contributed by atoms with Gasteiger partial charge in [-0.2, -0.15) is 0 Å². The average Bonchev–Trinajstić information content (AvgIpc) is 2.35. The van der Waals surface area contributed by atoms with Gasteiger partial charge in [0.1, 0.15) is 5.72 Å². The fourth-order valence-electron chi connectivity index (χ4n) is 3.55. The monoisotopic (exact) mass is 715 g/mol. The van der Waals surface area contributed by atoms with E-state index in [1.807, 2.05) is 20.3 Å². The van der Waals surface area contributed by atoms with Gasteiger partial charge >= 0.3 is 0 Å². The Morgan fingerprint density at radius 3 is 2.12 bits per heavy atom. The standard InChI is InChI=1S/C16H32FIN2OPS.U/c1-8-12(4)9-13(5,23)16(19,21)15(7,17)20(10(2)3)11(18)14(12,6)22;/h9-11,21,23H,8,19,22H2,1-7H3;/q-1;. The summed E-state index contributed by atoms with van der Waals surface area (Å²) in [6.45, 7) is 13.2. The number of likely N-dealkylation sites (tertiary alicyclic amines) is 1. The molecular formula is C16H32FIN2OPSU-. The summed E-state index contributed by atoms with van der Waals surface area (Å²) in [5.41, 5.74) is 3.73. The van der Waals surface area contributed by atoms with Crippen LogP contribution in [-0.2, 0) is 0 Å². The van der Waals surface area contributed by atoms with E-state index in [2.05, 4.69) is 65.2 Å². The quantitative estimate of drug-likeness (QED) is 0.0778. The number of hydrogen-bond acceptors (Lipinski definition) is 4. The Morgan fingerprint density at radius 2 is 1.79 bits per heavy atom. The number of thiol groups is 1. The number of halogens is 2. The molecule has 1 saturated heterocycles. The van der Waals surface area contributed by atoms with E-state index in [-0.39, 0.29) is 51.8 Å². The van der Waals surface area contributed by atoms with Crippen LogP contribution >= 0.6 is 44.5 Å². The van der Waals surface area contributed by atoms with Crippen LogP contribution in [-0.4, -0.2) is 41.5 Å². The van der Waals surface area contributed by atoms with Crippen LogP contribution in [0.4, 0.5) is 4.39 Å². The van der Waals surface area contributed by atoms with Gasteiger partial charge in [-0.05, 0) is 25.9 Å². The Bertz CT molecular complexity index is 465. The summed E-state index contributed by atoms with van der Waals surface area (Å²) in [4.78, 5) is 1.68. The van der Waals surface area contributed by atoms with Crippen LogP contribution in [0, 0.1) is 42.9 Å². The molecule has 0 radical (unpaired) electrons. The predicted molar refractivity (Wildman–Crippen MR) is 112 cm³/mol. The van der Waals surface area contributed by atoms with E-state index in [4.69, 9.17) is 5.73 Å². The van der Waals surface area contributed by atoms with E-state index < -0.39 is 16.3 Å². The SMILES string of the molecule is CCC1(C)[CH-]C(C)(S)C(N)(O)C(C)(F)N(C(C)C)C(I)C1(C)P.[U]. The van der Waals surface area contributed by atoms with Crippen LogP contribution in [0.2, 0.25) is 0 Å². The molecule has 3 N–H and O–H groups in total. The first-order valence-corrected chi connectivity index (χ1v) is 10.3. The summed E-state index contributed by atoms with van der Waals surface area (Å²) in [6, 6.07) is -0.134. The summed E-state index contributed by atoms with van der Waals surface area (Å²) >= 11 is 6.88. The molecule has 1 fully saturated rings. The number of nitrogens with two attached hydrogens (primary N) is 1. The van der Waals surface area contributed by atoms with Crippen LogP contribution in [0.15, 0.2) is 0 Å². The molecule has 0 aliphatic carbocycles. The van der Waals surface area contributed by atoms with Crippen LogP contribution in [0.1, 0.15) is 54.9 Å². The van der Waals surface area contributed by atoms with E-state index in [9.17, 15) is 5.11 Å². The van der Waals surface area contributed by atoms with Crippen molar-refractivity contribution < 1.29 is 40.6 Å². The number of aliphatic hydroxyl groups is 1. The van der Waals surface area contributed by atoms with Gasteiger partial charge in [0.15, 0.2) is 0 Å². The van der Waals surface area contributed by atoms with Crippen molar-refractivity contribution in [3.8, 4) is 0 Å². The zero-order chi connectivity index (χ0) is 18.6. The Hall–Kier alpha value is 2.37. The third-order valence-corrected chi connectivity index (χ3v) is 9.83. The molecule has 142 valence electrons. The van der Waals surface area contributed by atoms with Gasteiger partial charge < -0.3 is 17.3 Å². The first-order valence-electron chi connectivity index (χ1n) is 8.00. The molecule has 0 aromatic heterocycles. The van der Waals surface area contributed by atoms with Gasteiger partial charge in [0.25, 0.3) is 0 Å². The summed E-state index contributed by atoms with van der Waals surface area (Å²) in [6.07, 6.45) is 2.75. The van der Waals surface area contributed by atoms with Gasteiger partial charge in [-0.1, -0.05) is 61.5 Å². The van der Waals surface area contributed by atoms with Gasteiger partial charge in [-0.3, -0.25) is 4.90 Å². The fourth-order valence-corrected chi connectivity index (χ4v) is 6.36. The topological polar surface area (TPSA) is 49.5 Å². The second kappa shape index (κ2) is 8.01. The Morgan fingerprint density at radius 1 is 1.38 bits per heavy atom. The zero-order valence-corrected chi connectivity index (χ0v) is 24.1. The largest absolute Gasteiger partial charge is 0.373 e. The number of nitrogens with zero attached hydrogens (tertiary/aromatic N) is 1. The number of rotatable bonds is 2. The minimum absolute atomic E-state index is 0. The van der Waals surface area contributed by atoms with Crippen LogP contribution in [0.5, 0.6) is 0 Å².